The average Bonchev–Trinajstić information content (AvgIpc) is 3.10. The Morgan fingerprint density at radius 3 is 2.65 bits per heavy atom. The molecule has 1 atom stereocenters. The number of β-amino-alcohol motifs (C(OH)–C–C–N with tert-alkyl or cyclic N) is 1. The van der Waals surface area contributed by atoms with Crippen LogP contribution in [0.3, 0.4) is 0 Å². The van der Waals surface area contributed by atoms with Crippen LogP contribution in [0.1, 0.15) is 31.4 Å². The molecule has 0 radical (unpaired) electrons. The highest BCUT2D eigenvalue weighted by Gasteiger charge is 2.29. The van der Waals surface area contributed by atoms with Crippen LogP contribution >= 0.6 is 11.3 Å². The van der Waals surface area contributed by atoms with E-state index in [2.05, 4.69) is 21.8 Å². The zero-order valence-electron chi connectivity index (χ0n) is 13.9. The van der Waals surface area contributed by atoms with Gasteiger partial charge in [-0.3, -0.25) is 4.90 Å². The molecule has 0 saturated carbocycles. The molecule has 0 aliphatic carbocycles. The van der Waals surface area contributed by atoms with Crippen molar-refractivity contribution in [2.45, 2.75) is 44.8 Å². The highest BCUT2D eigenvalue weighted by Crippen LogP contribution is 2.33. The lowest BCUT2D eigenvalue weighted by atomic mass is 9.99. The van der Waals surface area contributed by atoms with Crippen molar-refractivity contribution in [2.24, 2.45) is 7.05 Å². The minimum absolute atomic E-state index is 0.124. The topological polar surface area (TPSA) is 57.4 Å². The fourth-order valence-corrected chi connectivity index (χ4v) is 5.03. The van der Waals surface area contributed by atoms with Crippen molar-refractivity contribution in [3.63, 3.8) is 0 Å². The summed E-state index contributed by atoms with van der Waals surface area (Å²) in [5.74, 6) is 0. The summed E-state index contributed by atoms with van der Waals surface area (Å²) in [7, 11) is 1.97. The summed E-state index contributed by atoms with van der Waals surface area (Å²) in [6, 6.07) is 0.624. The van der Waals surface area contributed by atoms with Gasteiger partial charge in [-0.2, -0.15) is 5.10 Å². The van der Waals surface area contributed by atoms with Crippen LogP contribution < -0.4 is 4.90 Å². The molecule has 0 bridgehead atoms. The van der Waals surface area contributed by atoms with Gasteiger partial charge in [-0.1, -0.05) is 11.3 Å². The number of piperidine rings is 2. The smallest absolute Gasteiger partial charge is 0.188 e. The number of rotatable bonds is 2. The zero-order chi connectivity index (χ0) is 16.0. The third-order valence-corrected chi connectivity index (χ3v) is 6.43. The predicted molar refractivity (Wildman–Crippen MR) is 93.2 cm³/mol. The summed E-state index contributed by atoms with van der Waals surface area (Å²) in [6.45, 7) is 6.18. The van der Waals surface area contributed by atoms with Crippen LogP contribution in [0, 0.1) is 6.92 Å². The van der Waals surface area contributed by atoms with Gasteiger partial charge >= 0.3 is 0 Å². The van der Waals surface area contributed by atoms with Crippen LogP contribution in [-0.2, 0) is 7.05 Å². The molecule has 2 aromatic heterocycles. The van der Waals surface area contributed by atoms with Crippen LogP contribution in [0.2, 0.25) is 0 Å². The van der Waals surface area contributed by atoms with Gasteiger partial charge < -0.3 is 10.0 Å². The average molecular weight is 335 g/mol. The van der Waals surface area contributed by atoms with E-state index in [1.54, 1.807) is 11.3 Å². The van der Waals surface area contributed by atoms with E-state index in [0.717, 1.165) is 55.5 Å². The maximum atomic E-state index is 9.88. The Kier molecular flexibility index (Phi) is 4.03. The van der Waals surface area contributed by atoms with E-state index >= 15 is 0 Å². The molecule has 4 rings (SSSR count). The minimum atomic E-state index is -0.124. The summed E-state index contributed by atoms with van der Waals surface area (Å²) >= 11 is 1.77. The van der Waals surface area contributed by atoms with Crippen LogP contribution in [0.5, 0.6) is 0 Å². The summed E-state index contributed by atoms with van der Waals surface area (Å²) < 4.78 is 3.09. The fourth-order valence-electron chi connectivity index (χ4n) is 3.95. The van der Waals surface area contributed by atoms with Crippen LogP contribution in [0.15, 0.2) is 0 Å². The molecule has 2 aliphatic heterocycles. The number of aromatic nitrogens is 3. The first-order valence-corrected chi connectivity index (χ1v) is 9.40. The number of nitrogens with zero attached hydrogens (tertiary/aromatic N) is 5. The molecule has 0 spiro atoms. The molecule has 4 heterocycles. The van der Waals surface area contributed by atoms with E-state index in [0.29, 0.717) is 6.04 Å². The predicted octanol–water partition coefficient (Wildman–Crippen LogP) is 1.76. The first-order chi connectivity index (χ1) is 11.1. The second-order valence-corrected chi connectivity index (χ2v) is 7.84. The molecule has 7 heteroatoms. The highest BCUT2D eigenvalue weighted by molar-refractivity contribution is 7.22. The van der Waals surface area contributed by atoms with Crippen molar-refractivity contribution in [1.29, 1.82) is 0 Å². The van der Waals surface area contributed by atoms with Crippen molar-refractivity contribution >= 4 is 26.8 Å². The fraction of sp³-hybridized carbons (Fsp3) is 0.750. The van der Waals surface area contributed by atoms with E-state index in [9.17, 15) is 5.11 Å². The summed E-state index contributed by atoms with van der Waals surface area (Å²) in [4.78, 5) is 9.71. The number of anilines is 1. The molecule has 6 nitrogen and oxygen atoms in total. The van der Waals surface area contributed by atoms with Gasteiger partial charge in [0, 0.05) is 32.7 Å². The highest BCUT2D eigenvalue weighted by atomic mass is 32.1. The molecule has 2 saturated heterocycles. The van der Waals surface area contributed by atoms with Gasteiger partial charge in [0.05, 0.1) is 16.5 Å². The first-order valence-electron chi connectivity index (χ1n) is 8.59. The lowest BCUT2D eigenvalue weighted by Crippen LogP contribution is -2.49. The molecule has 2 aromatic rings. The Hall–Kier alpha value is -1.18. The Balaban J connectivity index is 1.43. The number of hydrogen-bond acceptors (Lipinski definition) is 6. The number of hydrogen-bond donors (Lipinski definition) is 1. The van der Waals surface area contributed by atoms with E-state index in [1.807, 2.05) is 11.7 Å². The zero-order valence-corrected chi connectivity index (χ0v) is 14.7. The Bertz CT molecular complexity index is 654. The normalized spacial score (nSPS) is 24.7. The van der Waals surface area contributed by atoms with Crippen LogP contribution in [-0.4, -0.2) is 63.1 Å². The van der Waals surface area contributed by atoms with Gasteiger partial charge in [-0.05, 0) is 39.2 Å². The number of aliphatic hydroxyl groups is 1. The lowest BCUT2D eigenvalue weighted by Gasteiger charge is -2.41. The summed E-state index contributed by atoms with van der Waals surface area (Å²) in [5.41, 5.74) is 2.08. The Morgan fingerprint density at radius 2 is 1.96 bits per heavy atom. The number of likely N-dealkylation sites (tertiary alicyclic amines) is 1. The van der Waals surface area contributed by atoms with E-state index in [4.69, 9.17) is 4.98 Å². The molecule has 0 unspecified atom stereocenters. The largest absolute Gasteiger partial charge is 0.392 e. The maximum absolute atomic E-state index is 9.88. The second kappa shape index (κ2) is 6.03. The molecule has 0 amide bonds. The molecule has 23 heavy (non-hydrogen) atoms. The monoisotopic (exact) mass is 335 g/mol. The lowest BCUT2D eigenvalue weighted by molar-refractivity contribution is 0.0398. The van der Waals surface area contributed by atoms with Crippen molar-refractivity contribution in [1.82, 2.24) is 19.7 Å². The first kappa shape index (κ1) is 15.4. The van der Waals surface area contributed by atoms with Gasteiger partial charge in [0.25, 0.3) is 0 Å². The van der Waals surface area contributed by atoms with E-state index in [1.165, 1.54) is 17.5 Å². The number of thiazole rings is 1. The van der Waals surface area contributed by atoms with Gasteiger partial charge in [0.15, 0.2) is 10.8 Å². The van der Waals surface area contributed by atoms with Crippen molar-refractivity contribution in [3.8, 4) is 0 Å². The van der Waals surface area contributed by atoms with Crippen LogP contribution in [0.4, 0.5) is 5.13 Å². The molecule has 2 fully saturated rings. The standard InChI is InChI=1S/C16H25N5OS/c1-11-14-15(19(2)18-11)17-16(23-14)20-8-5-12(6-9-20)21-7-3-4-13(22)10-21/h12-13,22H,3-10H2,1-2H3/t13-/m1/s1. The van der Waals surface area contributed by atoms with E-state index < -0.39 is 0 Å². The quantitative estimate of drug-likeness (QED) is 0.906. The summed E-state index contributed by atoms with van der Waals surface area (Å²) in [5, 5.41) is 15.4. The molecule has 2 aliphatic rings. The summed E-state index contributed by atoms with van der Waals surface area (Å²) in [6.07, 6.45) is 4.31. The maximum Gasteiger partial charge on any atom is 0.188 e. The minimum Gasteiger partial charge on any atom is -0.392 e. The third kappa shape index (κ3) is 2.86. The van der Waals surface area contributed by atoms with E-state index in [-0.39, 0.29) is 6.10 Å². The molecule has 126 valence electrons. The van der Waals surface area contributed by atoms with Crippen molar-refractivity contribution in [2.75, 3.05) is 31.1 Å². The third-order valence-electron chi connectivity index (χ3n) is 5.21. The molecular weight excluding hydrogens is 310 g/mol. The number of aryl methyl sites for hydroxylation is 2. The van der Waals surface area contributed by atoms with Gasteiger partial charge in [-0.15, -0.1) is 0 Å². The van der Waals surface area contributed by atoms with Gasteiger partial charge in [0.2, 0.25) is 0 Å². The second-order valence-electron chi connectivity index (χ2n) is 6.87. The molecule has 1 N–H and O–H groups in total. The molecular formula is C16H25N5OS. The number of fused-ring (bicyclic) bond motifs is 1. The van der Waals surface area contributed by atoms with Gasteiger partial charge in [-0.25, -0.2) is 9.67 Å². The van der Waals surface area contributed by atoms with Crippen molar-refractivity contribution in [3.05, 3.63) is 5.69 Å². The Labute approximate surface area is 140 Å². The molecule has 0 aromatic carbocycles. The Morgan fingerprint density at radius 1 is 1.17 bits per heavy atom. The van der Waals surface area contributed by atoms with Crippen LogP contribution in [0.25, 0.3) is 10.3 Å². The van der Waals surface area contributed by atoms with Crippen molar-refractivity contribution < 1.29 is 5.11 Å². The SMILES string of the molecule is Cc1nn(C)c2nc(N3CCC(N4CCC[C@@H](O)C4)CC3)sc12. The van der Waals surface area contributed by atoms with Gasteiger partial charge in [0.1, 0.15) is 0 Å². The number of aliphatic hydroxyl groups excluding tert-OH is 1.